The van der Waals surface area contributed by atoms with Crippen LogP contribution >= 0.6 is 11.6 Å². The van der Waals surface area contributed by atoms with Gasteiger partial charge in [0.15, 0.2) is 0 Å². The van der Waals surface area contributed by atoms with Crippen molar-refractivity contribution in [3.05, 3.63) is 23.8 Å². The van der Waals surface area contributed by atoms with Gasteiger partial charge in [-0.1, -0.05) is 0 Å². The standard InChI is InChI=1S/C12H13ClF3NO2/c1-8-7-9(19-12(14,15)16)4-5-10(8)17-11(18)3-2-6-13/h4-5,7H,2-3,6H2,1H3,(H,17,18). The van der Waals surface area contributed by atoms with Crippen LogP contribution < -0.4 is 10.1 Å². The normalized spacial score (nSPS) is 11.2. The molecule has 0 bridgehead atoms. The molecular formula is C12H13ClF3NO2. The molecule has 1 aromatic rings. The van der Waals surface area contributed by atoms with Crippen molar-refractivity contribution >= 4 is 23.2 Å². The van der Waals surface area contributed by atoms with Crippen molar-refractivity contribution < 1.29 is 22.7 Å². The third-order valence-electron chi connectivity index (χ3n) is 2.24. The second-order valence-electron chi connectivity index (χ2n) is 3.87. The first-order valence-corrected chi connectivity index (χ1v) is 6.07. The first-order valence-electron chi connectivity index (χ1n) is 5.54. The van der Waals surface area contributed by atoms with E-state index in [-0.39, 0.29) is 18.1 Å². The predicted octanol–water partition coefficient (Wildman–Crippen LogP) is 3.85. The molecule has 0 unspecified atom stereocenters. The van der Waals surface area contributed by atoms with E-state index in [1.807, 2.05) is 0 Å². The monoisotopic (exact) mass is 295 g/mol. The van der Waals surface area contributed by atoms with Gasteiger partial charge in [0.1, 0.15) is 5.75 Å². The van der Waals surface area contributed by atoms with E-state index < -0.39 is 6.36 Å². The van der Waals surface area contributed by atoms with Crippen molar-refractivity contribution in [2.75, 3.05) is 11.2 Å². The van der Waals surface area contributed by atoms with Crippen LogP contribution in [0.3, 0.4) is 0 Å². The number of anilines is 1. The van der Waals surface area contributed by atoms with Crippen LogP contribution in [0.1, 0.15) is 18.4 Å². The molecule has 0 saturated heterocycles. The number of carbonyl (C=O) groups is 1. The Morgan fingerprint density at radius 2 is 2.11 bits per heavy atom. The Balaban J connectivity index is 2.69. The number of carbonyl (C=O) groups excluding carboxylic acids is 1. The number of aryl methyl sites for hydroxylation is 1. The number of nitrogens with one attached hydrogen (secondary N) is 1. The molecule has 0 saturated carbocycles. The van der Waals surface area contributed by atoms with E-state index in [0.29, 0.717) is 23.6 Å². The topological polar surface area (TPSA) is 38.3 Å². The molecule has 0 aliphatic carbocycles. The van der Waals surface area contributed by atoms with Crippen LogP contribution in [0.2, 0.25) is 0 Å². The highest BCUT2D eigenvalue weighted by atomic mass is 35.5. The Hall–Kier alpha value is -1.43. The van der Waals surface area contributed by atoms with Gasteiger partial charge in [-0.2, -0.15) is 0 Å². The maximum Gasteiger partial charge on any atom is 0.573 e. The Kier molecular flexibility index (Phi) is 5.47. The molecule has 1 amide bonds. The summed E-state index contributed by atoms with van der Waals surface area (Å²) in [5, 5.41) is 2.60. The maximum atomic E-state index is 12.0. The van der Waals surface area contributed by atoms with Gasteiger partial charge in [-0.05, 0) is 37.1 Å². The predicted molar refractivity (Wildman–Crippen MR) is 66.4 cm³/mol. The van der Waals surface area contributed by atoms with E-state index in [1.54, 1.807) is 6.92 Å². The molecule has 1 rings (SSSR count). The zero-order chi connectivity index (χ0) is 14.5. The number of benzene rings is 1. The average molecular weight is 296 g/mol. The first kappa shape index (κ1) is 15.6. The van der Waals surface area contributed by atoms with Gasteiger partial charge in [0.05, 0.1) is 0 Å². The van der Waals surface area contributed by atoms with Crippen molar-refractivity contribution in [2.24, 2.45) is 0 Å². The van der Waals surface area contributed by atoms with Gasteiger partial charge >= 0.3 is 6.36 Å². The van der Waals surface area contributed by atoms with Crippen molar-refractivity contribution in [2.45, 2.75) is 26.1 Å². The molecule has 1 N–H and O–H groups in total. The lowest BCUT2D eigenvalue weighted by Gasteiger charge is -2.12. The molecule has 1 aromatic carbocycles. The van der Waals surface area contributed by atoms with Gasteiger partial charge in [-0.3, -0.25) is 4.79 Å². The minimum Gasteiger partial charge on any atom is -0.406 e. The fraction of sp³-hybridized carbons (Fsp3) is 0.417. The van der Waals surface area contributed by atoms with E-state index in [2.05, 4.69) is 10.1 Å². The summed E-state index contributed by atoms with van der Waals surface area (Å²) in [4.78, 5) is 11.5. The average Bonchev–Trinajstić information content (AvgIpc) is 2.28. The molecule has 0 fully saturated rings. The first-order chi connectivity index (χ1) is 8.81. The lowest BCUT2D eigenvalue weighted by molar-refractivity contribution is -0.274. The summed E-state index contributed by atoms with van der Waals surface area (Å²) in [5.74, 6) is -0.165. The molecule has 106 valence electrons. The van der Waals surface area contributed by atoms with Crippen molar-refractivity contribution in [1.82, 2.24) is 0 Å². The molecule has 0 heterocycles. The number of hydrogen-bond donors (Lipinski definition) is 1. The smallest absolute Gasteiger partial charge is 0.406 e. The van der Waals surface area contributed by atoms with Crippen molar-refractivity contribution in [3.63, 3.8) is 0 Å². The molecule has 19 heavy (non-hydrogen) atoms. The van der Waals surface area contributed by atoms with Crippen LogP contribution in [-0.4, -0.2) is 18.1 Å². The van der Waals surface area contributed by atoms with Crippen LogP contribution in [0.5, 0.6) is 5.75 Å². The van der Waals surface area contributed by atoms with Gasteiger partial charge < -0.3 is 10.1 Å². The summed E-state index contributed by atoms with van der Waals surface area (Å²) in [7, 11) is 0. The summed E-state index contributed by atoms with van der Waals surface area (Å²) in [6, 6.07) is 3.73. The van der Waals surface area contributed by atoms with E-state index in [1.165, 1.54) is 12.1 Å². The zero-order valence-corrected chi connectivity index (χ0v) is 10.9. The van der Waals surface area contributed by atoms with Crippen LogP contribution in [0.15, 0.2) is 18.2 Å². The van der Waals surface area contributed by atoms with E-state index in [9.17, 15) is 18.0 Å². The van der Waals surface area contributed by atoms with Crippen molar-refractivity contribution in [1.29, 1.82) is 0 Å². The molecule has 0 aromatic heterocycles. The zero-order valence-electron chi connectivity index (χ0n) is 10.2. The summed E-state index contributed by atoms with van der Waals surface area (Å²) >= 11 is 5.46. The quantitative estimate of drug-likeness (QED) is 0.838. The number of rotatable bonds is 5. The van der Waals surface area contributed by atoms with Crippen LogP contribution in [0.25, 0.3) is 0 Å². The Morgan fingerprint density at radius 3 is 2.63 bits per heavy atom. The number of hydrogen-bond acceptors (Lipinski definition) is 2. The van der Waals surface area contributed by atoms with Crippen LogP contribution in [0.4, 0.5) is 18.9 Å². The molecule has 0 aliphatic heterocycles. The third kappa shape index (κ3) is 5.83. The summed E-state index contributed by atoms with van der Waals surface area (Å²) in [6.07, 6.45) is -3.91. The molecule has 0 aliphatic rings. The molecule has 7 heteroatoms. The number of ether oxygens (including phenoxy) is 1. The van der Waals surface area contributed by atoms with E-state index >= 15 is 0 Å². The van der Waals surface area contributed by atoms with E-state index in [4.69, 9.17) is 11.6 Å². The molecule has 0 spiro atoms. The minimum absolute atomic E-state index is 0.228. The summed E-state index contributed by atoms with van der Waals surface area (Å²) in [5.41, 5.74) is 0.940. The highest BCUT2D eigenvalue weighted by molar-refractivity contribution is 6.18. The lowest BCUT2D eigenvalue weighted by Crippen LogP contribution is -2.17. The van der Waals surface area contributed by atoms with Crippen LogP contribution in [-0.2, 0) is 4.79 Å². The highest BCUT2D eigenvalue weighted by Crippen LogP contribution is 2.26. The van der Waals surface area contributed by atoms with Gasteiger partial charge in [-0.25, -0.2) is 0 Å². The van der Waals surface area contributed by atoms with Gasteiger partial charge in [0.25, 0.3) is 0 Å². The largest absolute Gasteiger partial charge is 0.573 e. The second kappa shape index (κ2) is 6.65. The summed E-state index contributed by atoms with van der Waals surface area (Å²) < 4.78 is 39.8. The third-order valence-corrected chi connectivity index (χ3v) is 2.51. The number of alkyl halides is 4. The number of amides is 1. The molecular weight excluding hydrogens is 283 g/mol. The van der Waals surface area contributed by atoms with Crippen LogP contribution in [0, 0.1) is 6.92 Å². The van der Waals surface area contributed by atoms with Crippen molar-refractivity contribution in [3.8, 4) is 5.75 Å². The fourth-order valence-corrected chi connectivity index (χ4v) is 1.55. The molecule has 0 atom stereocenters. The highest BCUT2D eigenvalue weighted by Gasteiger charge is 2.31. The summed E-state index contributed by atoms with van der Waals surface area (Å²) in [6.45, 7) is 1.58. The number of halogens is 4. The lowest BCUT2D eigenvalue weighted by atomic mass is 10.2. The fourth-order valence-electron chi connectivity index (χ4n) is 1.41. The van der Waals surface area contributed by atoms with Gasteiger partial charge in [0, 0.05) is 18.0 Å². The van der Waals surface area contributed by atoms with Gasteiger partial charge in [0.2, 0.25) is 5.91 Å². The van der Waals surface area contributed by atoms with E-state index in [0.717, 1.165) is 6.07 Å². The molecule has 0 radical (unpaired) electrons. The minimum atomic E-state index is -4.72. The maximum absolute atomic E-state index is 12.0. The van der Waals surface area contributed by atoms with Gasteiger partial charge in [-0.15, -0.1) is 24.8 Å². The Morgan fingerprint density at radius 1 is 1.42 bits per heavy atom. The Labute approximate surface area is 113 Å². The molecule has 3 nitrogen and oxygen atoms in total. The Bertz CT molecular complexity index is 449. The SMILES string of the molecule is Cc1cc(OC(F)(F)F)ccc1NC(=O)CCCCl. The second-order valence-corrected chi connectivity index (χ2v) is 4.24.